The summed E-state index contributed by atoms with van der Waals surface area (Å²) in [7, 11) is 0. The van der Waals surface area contributed by atoms with Crippen molar-refractivity contribution in [3.63, 3.8) is 0 Å². The van der Waals surface area contributed by atoms with Crippen LogP contribution in [0.2, 0.25) is 0 Å². The molecule has 2 aromatic carbocycles. The molecule has 1 aliphatic heterocycles. The number of hydrogen-bond acceptors (Lipinski definition) is 6. The zero-order valence-corrected chi connectivity index (χ0v) is 16.1. The summed E-state index contributed by atoms with van der Waals surface area (Å²) < 4.78 is 7.64. The highest BCUT2D eigenvalue weighted by molar-refractivity contribution is 5.99. The molecule has 29 heavy (non-hydrogen) atoms. The lowest BCUT2D eigenvalue weighted by Crippen LogP contribution is -2.31. The standard InChI is InChI=1S/C22H21N5O2/c1-14-5-2-3-6-16(14)13-29-17-11-9-15(10-12-17)21-20-18(7-4-8-19(20)28)23-22-24-25-26-27(21)22/h2-3,5-6,9-12,21H,4,7-8,13H2,1H3,(H,23,24,26). The van der Waals surface area contributed by atoms with Gasteiger partial charge in [0.25, 0.3) is 0 Å². The Hall–Kier alpha value is -3.48. The highest BCUT2D eigenvalue weighted by atomic mass is 16.5. The first-order valence-corrected chi connectivity index (χ1v) is 9.79. The molecule has 0 radical (unpaired) electrons. The van der Waals surface area contributed by atoms with Crippen molar-refractivity contribution in [2.24, 2.45) is 0 Å². The number of Topliss-reactive ketones (excluding diaryl/α,β-unsaturated/α-hetero) is 1. The quantitative estimate of drug-likeness (QED) is 0.737. The molecule has 5 rings (SSSR count). The van der Waals surface area contributed by atoms with E-state index in [2.05, 4.69) is 39.9 Å². The highest BCUT2D eigenvalue weighted by Crippen LogP contribution is 2.39. The number of ketones is 1. The normalized spacial score (nSPS) is 18.1. The summed E-state index contributed by atoms with van der Waals surface area (Å²) in [6.45, 7) is 2.60. The molecule has 0 saturated heterocycles. The molecule has 1 unspecified atom stereocenters. The van der Waals surface area contributed by atoms with E-state index >= 15 is 0 Å². The van der Waals surface area contributed by atoms with Crippen molar-refractivity contribution >= 4 is 11.7 Å². The van der Waals surface area contributed by atoms with Gasteiger partial charge in [-0.1, -0.05) is 41.5 Å². The van der Waals surface area contributed by atoms with Crippen LogP contribution in [0.3, 0.4) is 0 Å². The van der Waals surface area contributed by atoms with Crippen LogP contribution in [0.15, 0.2) is 59.8 Å². The lowest BCUT2D eigenvalue weighted by atomic mass is 9.85. The third-order valence-electron chi connectivity index (χ3n) is 5.58. The van der Waals surface area contributed by atoms with E-state index in [1.54, 1.807) is 4.68 Å². The predicted molar refractivity (Wildman–Crippen MR) is 107 cm³/mol. The van der Waals surface area contributed by atoms with Gasteiger partial charge < -0.3 is 10.1 Å². The number of nitrogens with one attached hydrogen (secondary N) is 1. The van der Waals surface area contributed by atoms with Crippen molar-refractivity contribution in [1.82, 2.24) is 20.2 Å². The number of carbonyl (C=O) groups excluding carboxylic acids is 1. The van der Waals surface area contributed by atoms with E-state index in [0.717, 1.165) is 41.0 Å². The Morgan fingerprint density at radius 1 is 1.14 bits per heavy atom. The number of benzene rings is 2. The molecular formula is C22H21N5O2. The molecule has 0 fully saturated rings. The number of aryl methyl sites for hydroxylation is 1. The molecule has 146 valence electrons. The number of allylic oxidation sites excluding steroid dienone is 2. The monoisotopic (exact) mass is 387 g/mol. The molecule has 0 bridgehead atoms. The van der Waals surface area contributed by atoms with Crippen LogP contribution in [0, 0.1) is 6.92 Å². The average molecular weight is 387 g/mol. The molecular weight excluding hydrogens is 366 g/mol. The van der Waals surface area contributed by atoms with E-state index in [1.165, 1.54) is 5.56 Å². The van der Waals surface area contributed by atoms with Crippen LogP contribution in [0.25, 0.3) is 0 Å². The summed E-state index contributed by atoms with van der Waals surface area (Å²) in [6.07, 6.45) is 2.25. The summed E-state index contributed by atoms with van der Waals surface area (Å²) in [6, 6.07) is 15.7. The number of rotatable bonds is 4. The molecule has 1 N–H and O–H groups in total. The Morgan fingerprint density at radius 2 is 1.97 bits per heavy atom. The molecule has 7 nitrogen and oxygen atoms in total. The van der Waals surface area contributed by atoms with E-state index in [9.17, 15) is 4.79 Å². The van der Waals surface area contributed by atoms with Gasteiger partial charge in [-0.25, -0.2) is 0 Å². The minimum Gasteiger partial charge on any atom is -0.489 e. The lowest BCUT2D eigenvalue weighted by Gasteiger charge is -2.31. The Bertz CT molecular complexity index is 1100. The largest absolute Gasteiger partial charge is 0.489 e. The molecule has 2 heterocycles. The molecule has 7 heteroatoms. The highest BCUT2D eigenvalue weighted by Gasteiger charge is 2.36. The van der Waals surface area contributed by atoms with Crippen LogP contribution >= 0.6 is 0 Å². The summed E-state index contributed by atoms with van der Waals surface area (Å²) >= 11 is 0. The van der Waals surface area contributed by atoms with Gasteiger partial charge in [0.05, 0.1) is 0 Å². The van der Waals surface area contributed by atoms with Crippen LogP contribution in [0.5, 0.6) is 5.75 Å². The number of nitrogens with zero attached hydrogens (tertiary/aromatic N) is 4. The first kappa shape index (κ1) is 17.6. The minimum atomic E-state index is -0.311. The van der Waals surface area contributed by atoms with E-state index in [1.807, 2.05) is 36.4 Å². The second-order valence-electron chi connectivity index (χ2n) is 7.43. The van der Waals surface area contributed by atoms with E-state index in [4.69, 9.17) is 4.74 Å². The molecule has 1 atom stereocenters. The van der Waals surface area contributed by atoms with Crippen molar-refractivity contribution in [1.29, 1.82) is 0 Å². The fraction of sp³-hybridized carbons (Fsp3) is 0.273. The predicted octanol–water partition coefficient (Wildman–Crippen LogP) is 3.58. The number of carbonyl (C=O) groups is 1. The average Bonchev–Trinajstić information content (AvgIpc) is 3.20. The number of tetrazole rings is 1. The molecule has 0 saturated carbocycles. The summed E-state index contributed by atoms with van der Waals surface area (Å²) in [5.74, 6) is 1.51. The van der Waals surface area contributed by atoms with Gasteiger partial charge in [-0.3, -0.25) is 4.79 Å². The Balaban J connectivity index is 1.42. The maximum absolute atomic E-state index is 12.7. The van der Waals surface area contributed by atoms with E-state index < -0.39 is 0 Å². The van der Waals surface area contributed by atoms with Crippen molar-refractivity contribution in [2.75, 3.05) is 5.32 Å². The molecule has 0 amide bonds. The fourth-order valence-corrected chi connectivity index (χ4v) is 4.01. The van der Waals surface area contributed by atoms with Crippen LogP contribution in [-0.4, -0.2) is 26.0 Å². The van der Waals surface area contributed by atoms with Gasteiger partial charge in [0, 0.05) is 17.7 Å². The van der Waals surface area contributed by atoms with Crippen LogP contribution in [0.4, 0.5) is 5.95 Å². The van der Waals surface area contributed by atoms with Crippen LogP contribution in [-0.2, 0) is 11.4 Å². The number of aromatic nitrogens is 4. The fourth-order valence-electron chi connectivity index (χ4n) is 4.01. The zero-order valence-electron chi connectivity index (χ0n) is 16.1. The van der Waals surface area contributed by atoms with Crippen molar-refractivity contribution in [3.05, 3.63) is 76.5 Å². The number of anilines is 1. The van der Waals surface area contributed by atoms with Gasteiger partial charge in [0.1, 0.15) is 18.4 Å². The third kappa shape index (κ3) is 3.18. The molecule has 0 spiro atoms. The van der Waals surface area contributed by atoms with Gasteiger partial charge >= 0.3 is 0 Å². The van der Waals surface area contributed by atoms with Gasteiger partial charge in [0.15, 0.2) is 5.78 Å². The summed E-state index contributed by atoms with van der Waals surface area (Å²) in [5, 5.41) is 15.2. The van der Waals surface area contributed by atoms with E-state index in [0.29, 0.717) is 19.0 Å². The third-order valence-corrected chi connectivity index (χ3v) is 5.58. The summed E-state index contributed by atoms with van der Waals surface area (Å²) in [5.41, 5.74) is 5.04. The van der Waals surface area contributed by atoms with Crippen molar-refractivity contribution < 1.29 is 9.53 Å². The number of ether oxygens (including phenoxy) is 1. The Morgan fingerprint density at radius 3 is 2.79 bits per heavy atom. The first-order chi connectivity index (χ1) is 14.2. The van der Waals surface area contributed by atoms with Crippen LogP contribution in [0.1, 0.15) is 42.0 Å². The minimum absolute atomic E-state index is 0.157. The zero-order chi connectivity index (χ0) is 19.8. The Labute approximate surface area is 168 Å². The van der Waals surface area contributed by atoms with Crippen LogP contribution < -0.4 is 10.1 Å². The molecule has 3 aromatic rings. The maximum Gasteiger partial charge on any atom is 0.248 e. The maximum atomic E-state index is 12.7. The first-order valence-electron chi connectivity index (χ1n) is 9.79. The number of hydrogen-bond donors (Lipinski definition) is 1. The SMILES string of the molecule is Cc1ccccc1COc1ccc(C2C3=C(CCCC3=O)Nc3nnnn32)cc1. The van der Waals surface area contributed by atoms with Gasteiger partial charge in [-0.2, -0.15) is 4.68 Å². The molecule has 1 aromatic heterocycles. The lowest BCUT2D eigenvalue weighted by molar-refractivity contribution is -0.116. The smallest absolute Gasteiger partial charge is 0.248 e. The van der Waals surface area contributed by atoms with Gasteiger partial charge in [-0.05, 0) is 59.0 Å². The van der Waals surface area contributed by atoms with E-state index in [-0.39, 0.29) is 11.8 Å². The van der Waals surface area contributed by atoms with Gasteiger partial charge in [-0.15, -0.1) is 0 Å². The second kappa shape index (κ2) is 7.16. The van der Waals surface area contributed by atoms with Crippen molar-refractivity contribution in [3.8, 4) is 5.75 Å². The molecule has 2 aliphatic rings. The topological polar surface area (TPSA) is 81.9 Å². The summed E-state index contributed by atoms with van der Waals surface area (Å²) in [4.78, 5) is 12.7. The van der Waals surface area contributed by atoms with Crippen molar-refractivity contribution in [2.45, 2.75) is 38.8 Å². The number of fused-ring (bicyclic) bond motifs is 1. The second-order valence-corrected chi connectivity index (χ2v) is 7.43. The van der Waals surface area contributed by atoms with Gasteiger partial charge in [0.2, 0.25) is 5.95 Å². The molecule has 1 aliphatic carbocycles. The Kier molecular flexibility index (Phi) is 4.35.